The molecule has 0 spiro atoms. The normalized spacial score (nSPS) is 16.1. The Hall–Kier alpha value is -3.63. The van der Waals surface area contributed by atoms with Crippen molar-refractivity contribution in [1.82, 2.24) is 24.4 Å². The fraction of sp³-hybridized carbons (Fsp3) is 0.296. The van der Waals surface area contributed by atoms with E-state index in [-0.39, 0.29) is 35.5 Å². The van der Waals surface area contributed by atoms with Gasteiger partial charge in [-0.15, -0.1) is 11.3 Å². The highest BCUT2D eigenvalue weighted by molar-refractivity contribution is 7.13. The highest BCUT2D eigenvalue weighted by atomic mass is 35.5. The van der Waals surface area contributed by atoms with Crippen LogP contribution in [0.15, 0.2) is 52.8 Å². The molecule has 1 N–H and O–H groups in total. The van der Waals surface area contributed by atoms with Gasteiger partial charge in [-0.2, -0.15) is 4.98 Å². The van der Waals surface area contributed by atoms with Gasteiger partial charge in [0, 0.05) is 36.3 Å². The first kappa shape index (κ1) is 26.0. The number of rotatable bonds is 6. The molecular weight excluding hydrogens is 529 g/mol. The van der Waals surface area contributed by atoms with Gasteiger partial charge in [-0.05, 0) is 31.4 Å². The lowest BCUT2D eigenvalue weighted by Gasteiger charge is -2.25. The minimum atomic E-state index is -0.839. The second-order valence-corrected chi connectivity index (χ2v) is 10.5. The van der Waals surface area contributed by atoms with Crippen LogP contribution in [0.2, 0.25) is 5.02 Å². The van der Waals surface area contributed by atoms with Crippen LogP contribution in [-0.4, -0.2) is 48.5 Å². The van der Waals surface area contributed by atoms with Gasteiger partial charge in [0.1, 0.15) is 5.82 Å². The summed E-state index contributed by atoms with van der Waals surface area (Å²) in [6, 6.07) is 10.3. The maximum Gasteiger partial charge on any atom is 0.290 e. The van der Waals surface area contributed by atoms with Crippen LogP contribution >= 0.6 is 22.9 Å². The molecule has 38 heavy (non-hydrogen) atoms. The molecule has 0 saturated carbocycles. The zero-order valence-electron chi connectivity index (χ0n) is 20.8. The van der Waals surface area contributed by atoms with Crippen molar-refractivity contribution < 1.29 is 14.3 Å². The van der Waals surface area contributed by atoms with Crippen molar-refractivity contribution in [3.05, 3.63) is 91.7 Å². The summed E-state index contributed by atoms with van der Waals surface area (Å²) in [4.78, 5) is 41.2. The minimum Gasteiger partial charge on any atom is -0.494 e. The molecule has 8 nitrogen and oxygen atoms in total. The monoisotopic (exact) mass is 553 g/mol. The summed E-state index contributed by atoms with van der Waals surface area (Å²) >= 11 is 7.14. The van der Waals surface area contributed by atoms with E-state index in [9.17, 15) is 19.1 Å². The number of hydrogen-bond donors (Lipinski definition) is 1. The molecule has 2 unspecified atom stereocenters. The van der Waals surface area contributed by atoms with Crippen LogP contribution in [0.25, 0.3) is 10.8 Å². The molecule has 1 fully saturated rings. The van der Waals surface area contributed by atoms with Crippen molar-refractivity contribution in [2.75, 3.05) is 13.1 Å². The van der Waals surface area contributed by atoms with E-state index in [0.29, 0.717) is 17.8 Å². The topological polar surface area (TPSA) is 101 Å². The van der Waals surface area contributed by atoms with Gasteiger partial charge in [0.05, 0.1) is 16.8 Å². The van der Waals surface area contributed by atoms with Crippen molar-refractivity contribution in [2.24, 2.45) is 0 Å². The lowest BCUT2D eigenvalue weighted by atomic mass is 10.0. The van der Waals surface area contributed by atoms with Crippen LogP contribution < -0.4 is 5.56 Å². The van der Waals surface area contributed by atoms with Gasteiger partial charge >= 0.3 is 0 Å². The predicted octanol–water partition coefficient (Wildman–Crippen LogP) is 5.20. The van der Waals surface area contributed by atoms with E-state index < -0.39 is 34.8 Å². The highest BCUT2D eigenvalue weighted by Gasteiger charge is 2.35. The van der Waals surface area contributed by atoms with Crippen molar-refractivity contribution in [2.45, 2.75) is 38.6 Å². The van der Waals surface area contributed by atoms with E-state index in [1.165, 1.54) is 33.1 Å². The summed E-state index contributed by atoms with van der Waals surface area (Å²) in [5, 5.41) is 14.0. The number of likely N-dealkylation sites (tertiary alicyclic amines) is 1. The first-order valence-corrected chi connectivity index (χ1v) is 13.5. The average Bonchev–Trinajstić information content (AvgIpc) is 3.56. The Morgan fingerprint density at radius 3 is 2.71 bits per heavy atom. The van der Waals surface area contributed by atoms with Gasteiger partial charge in [-0.25, -0.2) is 9.37 Å². The van der Waals surface area contributed by atoms with Crippen molar-refractivity contribution >= 4 is 28.8 Å². The quantitative estimate of drug-likeness (QED) is 0.352. The number of carbonyl (C=O) groups is 1. The Morgan fingerprint density at radius 1 is 1.29 bits per heavy atom. The number of aryl methyl sites for hydroxylation is 1. The molecule has 1 aliphatic heterocycles. The predicted molar refractivity (Wildman–Crippen MR) is 143 cm³/mol. The van der Waals surface area contributed by atoms with Gasteiger partial charge in [-0.3, -0.25) is 19.1 Å². The largest absolute Gasteiger partial charge is 0.494 e. The van der Waals surface area contributed by atoms with E-state index in [0.717, 1.165) is 11.3 Å². The third-order valence-corrected chi connectivity index (χ3v) is 7.87. The Kier molecular flexibility index (Phi) is 7.27. The summed E-state index contributed by atoms with van der Waals surface area (Å²) < 4.78 is 16.0. The Labute approximate surface area is 227 Å². The molecule has 2 atom stereocenters. The van der Waals surface area contributed by atoms with Crippen LogP contribution in [0.5, 0.6) is 5.88 Å². The van der Waals surface area contributed by atoms with Crippen LogP contribution in [0.1, 0.15) is 59.0 Å². The summed E-state index contributed by atoms with van der Waals surface area (Å²) in [5.41, 5.74) is 0.600. The van der Waals surface area contributed by atoms with Gasteiger partial charge in [-0.1, -0.05) is 48.9 Å². The maximum absolute atomic E-state index is 14.5. The molecule has 4 aromatic rings. The van der Waals surface area contributed by atoms with Crippen molar-refractivity contribution in [3.63, 3.8) is 0 Å². The van der Waals surface area contributed by atoms with Crippen LogP contribution in [0.3, 0.4) is 0 Å². The molecule has 0 radical (unpaired) electrons. The fourth-order valence-electron chi connectivity index (χ4n) is 4.91. The van der Waals surface area contributed by atoms with Crippen LogP contribution in [0.4, 0.5) is 4.39 Å². The zero-order valence-corrected chi connectivity index (χ0v) is 22.3. The van der Waals surface area contributed by atoms with Crippen molar-refractivity contribution in [3.8, 4) is 16.7 Å². The molecule has 11 heteroatoms. The number of benzene rings is 1. The molecule has 1 aliphatic rings. The Balaban J connectivity index is 1.57. The molecular formula is C27H25ClFN5O3S. The van der Waals surface area contributed by atoms with E-state index in [1.807, 2.05) is 49.6 Å². The number of nitrogens with zero attached hydrogens (tertiary/aromatic N) is 5. The number of hydrogen-bond acceptors (Lipinski definition) is 7. The number of halogens is 2. The first-order valence-electron chi connectivity index (χ1n) is 12.2. The summed E-state index contributed by atoms with van der Waals surface area (Å²) in [5.74, 6) is -1.83. The number of pyridine rings is 1. The number of amides is 1. The first-order chi connectivity index (χ1) is 18.3. The van der Waals surface area contributed by atoms with Gasteiger partial charge in [0.15, 0.2) is 16.4 Å². The minimum absolute atomic E-state index is 0.145. The molecule has 0 aliphatic carbocycles. The summed E-state index contributed by atoms with van der Waals surface area (Å²) in [6.45, 7) is 4.20. The van der Waals surface area contributed by atoms with Gasteiger partial charge in [0.2, 0.25) is 5.88 Å². The molecule has 1 saturated heterocycles. The maximum atomic E-state index is 14.5. The smallest absolute Gasteiger partial charge is 0.290 e. The summed E-state index contributed by atoms with van der Waals surface area (Å²) in [6.07, 6.45) is 2.38. The standard InChI is InChI=1S/C27H25ClFN5O3S/c1-3-20(16-7-5-4-6-8-16)34-23(25-31-15(2)14-38-25)32-24(35)21(27(34)37)26(36)33-10-9-17(13-33)22-19(29)11-18(28)12-30-22/h4-8,11-12,14,17,20,37H,3,9-10,13H2,1-2H3. The Morgan fingerprint density at radius 2 is 2.05 bits per heavy atom. The van der Waals surface area contributed by atoms with Gasteiger partial charge < -0.3 is 10.0 Å². The second-order valence-electron chi connectivity index (χ2n) is 9.20. The van der Waals surface area contributed by atoms with Crippen LogP contribution in [0, 0.1) is 12.7 Å². The van der Waals surface area contributed by atoms with E-state index in [1.54, 1.807) is 0 Å². The third kappa shape index (κ3) is 4.81. The molecule has 0 bridgehead atoms. The van der Waals surface area contributed by atoms with Gasteiger partial charge in [0.25, 0.3) is 11.5 Å². The van der Waals surface area contributed by atoms with Crippen molar-refractivity contribution in [1.29, 1.82) is 0 Å². The highest BCUT2D eigenvalue weighted by Crippen LogP contribution is 2.35. The molecule has 1 amide bonds. The number of aromatic hydroxyl groups is 1. The Bertz CT molecular complexity index is 1560. The lowest BCUT2D eigenvalue weighted by Crippen LogP contribution is -2.35. The zero-order chi connectivity index (χ0) is 27.0. The molecule has 3 aromatic heterocycles. The summed E-state index contributed by atoms with van der Waals surface area (Å²) in [7, 11) is 0. The fourth-order valence-corrected chi connectivity index (χ4v) is 5.83. The molecule has 4 heterocycles. The van der Waals surface area contributed by atoms with E-state index in [4.69, 9.17) is 11.6 Å². The second kappa shape index (κ2) is 10.6. The van der Waals surface area contributed by atoms with E-state index in [2.05, 4.69) is 15.0 Å². The third-order valence-electron chi connectivity index (χ3n) is 6.71. The molecule has 1 aromatic carbocycles. The SMILES string of the molecule is CCC(c1ccccc1)n1c(-c2nc(C)cs2)nc(=O)c(C(=O)N2CCC(c3ncc(Cl)cc3F)C2)c1O. The average molecular weight is 554 g/mol. The molecule has 5 rings (SSSR count). The molecule has 196 valence electrons. The number of carbonyl (C=O) groups excluding carboxylic acids is 1. The number of thiazole rings is 1. The van der Waals surface area contributed by atoms with E-state index >= 15 is 0 Å². The van der Waals surface area contributed by atoms with Crippen LogP contribution in [-0.2, 0) is 0 Å². The number of aromatic nitrogens is 4. The lowest BCUT2D eigenvalue weighted by molar-refractivity contribution is 0.0783.